The van der Waals surface area contributed by atoms with Gasteiger partial charge < -0.3 is 4.74 Å². The van der Waals surface area contributed by atoms with Crippen molar-refractivity contribution in [1.29, 1.82) is 0 Å². The van der Waals surface area contributed by atoms with E-state index < -0.39 is 16.4 Å². The molecule has 0 spiro atoms. The molecular formula is C8H12N2O4S2. The number of carbonyl (C=O) groups excluding carboxylic acids is 1. The Kier molecular flexibility index (Phi) is 5.20. The molecular weight excluding hydrogens is 252 g/mol. The second-order valence-electron chi connectivity index (χ2n) is 2.97. The Morgan fingerprint density at radius 3 is 2.94 bits per heavy atom. The van der Waals surface area contributed by atoms with Crippen molar-refractivity contribution in [2.45, 2.75) is 26.2 Å². The minimum atomic E-state index is -2.47. The topological polar surface area (TPSA) is 78.3 Å². The van der Waals surface area contributed by atoms with Crippen molar-refractivity contribution < 1.29 is 17.9 Å². The van der Waals surface area contributed by atoms with E-state index in [1.165, 1.54) is 5.51 Å². The van der Waals surface area contributed by atoms with Crippen molar-refractivity contribution in [3.8, 4) is 0 Å². The van der Waals surface area contributed by atoms with E-state index in [1.54, 1.807) is 0 Å². The van der Waals surface area contributed by atoms with Gasteiger partial charge in [0.15, 0.2) is 0 Å². The fourth-order valence-electron chi connectivity index (χ4n) is 1.02. The van der Waals surface area contributed by atoms with Gasteiger partial charge in [0.25, 0.3) is 10.3 Å². The third kappa shape index (κ3) is 3.46. The summed E-state index contributed by atoms with van der Waals surface area (Å²) in [6, 6.07) is 0. The smallest absolute Gasteiger partial charge is 0.436 e. The van der Waals surface area contributed by atoms with E-state index in [9.17, 15) is 13.2 Å². The average molecular weight is 264 g/mol. The zero-order chi connectivity index (χ0) is 12.0. The Morgan fingerprint density at radius 2 is 2.31 bits per heavy atom. The third-order valence-electron chi connectivity index (χ3n) is 1.78. The molecule has 1 rings (SSSR count). The summed E-state index contributed by atoms with van der Waals surface area (Å²) in [4.78, 5) is 11.4. The van der Waals surface area contributed by atoms with Gasteiger partial charge in [-0.1, -0.05) is 31.1 Å². The van der Waals surface area contributed by atoms with Crippen LogP contribution in [-0.2, 0) is 15.0 Å². The van der Waals surface area contributed by atoms with Crippen LogP contribution in [0.3, 0.4) is 0 Å². The van der Waals surface area contributed by atoms with Crippen LogP contribution in [0.1, 0.15) is 26.2 Å². The van der Waals surface area contributed by atoms with Gasteiger partial charge in [0.05, 0.1) is 6.61 Å². The fraction of sp³-hybridized carbons (Fsp3) is 0.625. The summed E-state index contributed by atoms with van der Waals surface area (Å²) in [6.45, 7) is 2.32. The Morgan fingerprint density at radius 1 is 1.56 bits per heavy atom. The van der Waals surface area contributed by atoms with E-state index in [0.29, 0.717) is 0 Å². The molecule has 16 heavy (non-hydrogen) atoms. The van der Waals surface area contributed by atoms with E-state index in [-0.39, 0.29) is 10.6 Å². The minimum Gasteiger partial charge on any atom is -0.448 e. The molecule has 0 atom stereocenters. The number of carbonyl (C=O) groups is 1. The molecule has 0 saturated heterocycles. The van der Waals surface area contributed by atoms with Crippen LogP contribution in [0.25, 0.3) is 0 Å². The molecule has 0 amide bonds. The second-order valence-corrected chi connectivity index (χ2v) is 4.92. The lowest BCUT2D eigenvalue weighted by Crippen LogP contribution is -2.16. The standard InChI is InChI=1S/C8H12N2O4S2/c1-2-3-4-5-14-7(11)10-8(16(12)13)15-6-9-10/h6H,2-5H2,1H3. The van der Waals surface area contributed by atoms with Crippen LogP contribution in [0.15, 0.2) is 5.51 Å². The molecule has 0 aliphatic carbocycles. The first-order valence-electron chi connectivity index (χ1n) is 4.79. The summed E-state index contributed by atoms with van der Waals surface area (Å²) in [5, 5.41) is 3.60. The molecule has 8 heteroatoms. The lowest BCUT2D eigenvalue weighted by atomic mass is 10.3. The molecule has 0 aliphatic rings. The number of rotatable bonds is 4. The summed E-state index contributed by atoms with van der Waals surface area (Å²) in [5.74, 6) is 0. The van der Waals surface area contributed by atoms with Gasteiger partial charge in [0, 0.05) is 0 Å². The largest absolute Gasteiger partial charge is 0.448 e. The van der Waals surface area contributed by atoms with Crippen LogP contribution in [0.2, 0.25) is 0 Å². The molecule has 0 unspecified atom stereocenters. The SMILES string of the molecule is CCCCCOC(=O)n1ncsc1=S(=O)=O. The van der Waals surface area contributed by atoms with Gasteiger partial charge in [0.1, 0.15) is 5.51 Å². The van der Waals surface area contributed by atoms with Gasteiger partial charge >= 0.3 is 6.09 Å². The predicted molar refractivity (Wildman–Crippen MR) is 58.5 cm³/mol. The van der Waals surface area contributed by atoms with Gasteiger partial charge in [-0.2, -0.15) is 13.5 Å². The van der Waals surface area contributed by atoms with Crippen LogP contribution in [0, 0.1) is 3.95 Å². The lowest BCUT2D eigenvalue weighted by molar-refractivity contribution is 0.142. The van der Waals surface area contributed by atoms with Gasteiger partial charge in [-0.25, -0.2) is 4.79 Å². The molecule has 0 aromatic carbocycles. The summed E-state index contributed by atoms with van der Waals surface area (Å²) < 4.78 is 26.9. The van der Waals surface area contributed by atoms with Crippen LogP contribution in [0.5, 0.6) is 0 Å². The maximum absolute atomic E-state index is 11.4. The van der Waals surface area contributed by atoms with Crippen LogP contribution in [-0.4, -0.2) is 30.9 Å². The van der Waals surface area contributed by atoms with Gasteiger partial charge in [-0.3, -0.25) is 0 Å². The maximum atomic E-state index is 11.4. The first-order valence-corrected chi connectivity index (χ1v) is 6.74. The average Bonchev–Trinajstić information content (AvgIpc) is 2.73. The second kappa shape index (κ2) is 6.44. The van der Waals surface area contributed by atoms with E-state index in [4.69, 9.17) is 4.74 Å². The molecule has 0 saturated carbocycles. The van der Waals surface area contributed by atoms with Crippen molar-refractivity contribution >= 4 is 27.7 Å². The van der Waals surface area contributed by atoms with E-state index in [1.807, 2.05) is 6.92 Å². The Balaban J connectivity index is 2.68. The molecule has 0 N–H and O–H groups in total. The summed E-state index contributed by atoms with van der Waals surface area (Å²) in [5.41, 5.74) is 1.28. The highest BCUT2D eigenvalue weighted by molar-refractivity contribution is 7.66. The van der Waals surface area contributed by atoms with E-state index >= 15 is 0 Å². The van der Waals surface area contributed by atoms with Crippen molar-refractivity contribution in [1.82, 2.24) is 9.78 Å². The number of hydrogen-bond acceptors (Lipinski definition) is 6. The highest BCUT2D eigenvalue weighted by Gasteiger charge is 2.09. The monoisotopic (exact) mass is 264 g/mol. The maximum Gasteiger partial charge on any atom is 0.436 e. The van der Waals surface area contributed by atoms with Gasteiger partial charge in [-0.05, 0) is 6.42 Å². The van der Waals surface area contributed by atoms with Crippen molar-refractivity contribution in [2.75, 3.05) is 6.61 Å². The third-order valence-corrected chi connectivity index (χ3v) is 3.51. The van der Waals surface area contributed by atoms with Crippen molar-refractivity contribution in [2.24, 2.45) is 0 Å². The zero-order valence-electron chi connectivity index (χ0n) is 8.75. The molecule has 1 aromatic rings. The van der Waals surface area contributed by atoms with Crippen molar-refractivity contribution in [3.05, 3.63) is 9.46 Å². The molecule has 90 valence electrons. The number of aromatic nitrogens is 2. The highest BCUT2D eigenvalue weighted by atomic mass is 32.2. The minimum absolute atomic E-state index is 0.152. The molecule has 0 radical (unpaired) electrons. The molecule has 6 nitrogen and oxygen atoms in total. The van der Waals surface area contributed by atoms with Gasteiger partial charge in [-0.15, -0.1) is 4.68 Å². The summed E-state index contributed by atoms with van der Waals surface area (Å²) in [6.07, 6.45) is 2.01. The van der Waals surface area contributed by atoms with E-state index in [2.05, 4.69) is 5.10 Å². The number of ether oxygens (including phenoxy) is 1. The number of hydrogen-bond donors (Lipinski definition) is 0. The molecule has 0 bridgehead atoms. The molecule has 1 heterocycles. The molecule has 1 aromatic heterocycles. The van der Waals surface area contributed by atoms with Crippen molar-refractivity contribution in [3.63, 3.8) is 0 Å². The van der Waals surface area contributed by atoms with Crippen LogP contribution in [0.4, 0.5) is 4.79 Å². The summed E-state index contributed by atoms with van der Waals surface area (Å²) in [7, 11) is -2.47. The highest BCUT2D eigenvalue weighted by Crippen LogP contribution is 2.00. The quantitative estimate of drug-likeness (QED) is 0.608. The van der Waals surface area contributed by atoms with Crippen LogP contribution < -0.4 is 0 Å². The fourth-order valence-corrected chi connectivity index (χ4v) is 2.18. The normalized spacial score (nSPS) is 10.1. The molecule has 0 aliphatic heterocycles. The Labute approximate surface area is 98.0 Å². The first kappa shape index (κ1) is 12.9. The first-order chi connectivity index (χ1) is 7.66. The zero-order valence-corrected chi connectivity index (χ0v) is 10.4. The van der Waals surface area contributed by atoms with Crippen LogP contribution >= 0.6 is 11.3 Å². The van der Waals surface area contributed by atoms with Gasteiger partial charge in [0.2, 0.25) is 3.95 Å². The summed E-state index contributed by atoms with van der Waals surface area (Å²) >= 11 is 0.868. The molecule has 0 fully saturated rings. The number of unbranched alkanes of at least 4 members (excludes halogenated alkanes) is 2. The predicted octanol–water partition coefficient (Wildman–Crippen LogP) is 1.53. The Bertz CT molecular complexity index is 506. The van der Waals surface area contributed by atoms with E-state index in [0.717, 1.165) is 35.3 Å². The lowest BCUT2D eigenvalue weighted by Gasteiger charge is -2.02. The number of nitrogens with zero attached hydrogens (tertiary/aromatic N) is 2. The Hall–Kier alpha value is -1.15.